The van der Waals surface area contributed by atoms with E-state index < -0.39 is 0 Å². The Labute approximate surface area is 132 Å². The van der Waals surface area contributed by atoms with E-state index in [9.17, 15) is 0 Å². The van der Waals surface area contributed by atoms with E-state index in [0.29, 0.717) is 0 Å². The molecule has 22 heavy (non-hydrogen) atoms. The molecule has 0 saturated heterocycles. The number of thiophene rings is 1. The number of aromatic nitrogens is 5. The molecule has 0 bridgehead atoms. The maximum absolute atomic E-state index is 4.65. The van der Waals surface area contributed by atoms with Crippen LogP contribution in [0.5, 0.6) is 0 Å². The number of rotatable bonds is 3. The predicted octanol–water partition coefficient (Wildman–Crippen LogP) is 3.17. The number of anilines is 1. The molecule has 0 spiro atoms. The highest BCUT2D eigenvalue weighted by molar-refractivity contribution is 7.19. The SMILES string of the molecule is Cc1nc(NC(C)c2ncn[nH]2)c2c3c(sc2n1)CCCC3. The van der Waals surface area contributed by atoms with Crippen molar-refractivity contribution in [3.63, 3.8) is 0 Å². The fourth-order valence-corrected chi connectivity index (χ4v) is 4.37. The lowest BCUT2D eigenvalue weighted by molar-refractivity contribution is 0.700. The second-order valence-corrected chi connectivity index (χ2v) is 6.83. The number of aromatic amines is 1. The van der Waals surface area contributed by atoms with Crippen molar-refractivity contribution in [2.45, 2.75) is 45.6 Å². The zero-order valence-electron chi connectivity index (χ0n) is 12.7. The number of hydrogen-bond donors (Lipinski definition) is 2. The molecule has 7 heteroatoms. The Morgan fingerprint density at radius 1 is 1.27 bits per heavy atom. The highest BCUT2D eigenvalue weighted by Gasteiger charge is 2.21. The lowest BCUT2D eigenvalue weighted by Gasteiger charge is -2.15. The third-order valence-corrected chi connectivity index (χ3v) is 5.31. The second kappa shape index (κ2) is 5.31. The van der Waals surface area contributed by atoms with Crippen LogP contribution in [0.3, 0.4) is 0 Å². The monoisotopic (exact) mass is 314 g/mol. The molecule has 0 fully saturated rings. The van der Waals surface area contributed by atoms with E-state index >= 15 is 0 Å². The Morgan fingerprint density at radius 3 is 2.95 bits per heavy atom. The average molecular weight is 314 g/mol. The average Bonchev–Trinajstić information content (AvgIpc) is 3.14. The molecule has 0 radical (unpaired) electrons. The molecule has 4 rings (SSSR count). The van der Waals surface area contributed by atoms with Crippen molar-refractivity contribution in [3.05, 3.63) is 28.4 Å². The van der Waals surface area contributed by atoms with Crippen molar-refractivity contribution in [2.24, 2.45) is 0 Å². The van der Waals surface area contributed by atoms with E-state index in [1.54, 1.807) is 0 Å². The van der Waals surface area contributed by atoms with Gasteiger partial charge in [0.15, 0.2) is 0 Å². The van der Waals surface area contributed by atoms with Crippen LogP contribution in [0.4, 0.5) is 5.82 Å². The maximum atomic E-state index is 4.65. The Hall–Kier alpha value is -2.02. The summed E-state index contributed by atoms with van der Waals surface area (Å²) in [5.74, 6) is 2.54. The van der Waals surface area contributed by atoms with Crippen molar-refractivity contribution in [3.8, 4) is 0 Å². The molecule has 0 amide bonds. The van der Waals surface area contributed by atoms with E-state index in [4.69, 9.17) is 0 Å². The fraction of sp³-hybridized carbons (Fsp3) is 0.467. The Kier molecular flexibility index (Phi) is 3.29. The molecule has 0 aromatic carbocycles. The van der Waals surface area contributed by atoms with Crippen LogP contribution in [0.1, 0.15) is 47.9 Å². The molecule has 3 aromatic rings. The molecule has 0 saturated carbocycles. The van der Waals surface area contributed by atoms with Crippen LogP contribution >= 0.6 is 11.3 Å². The topological polar surface area (TPSA) is 79.4 Å². The van der Waals surface area contributed by atoms with Gasteiger partial charge in [-0.15, -0.1) is 11.3 Å². The third-order valence-electron chi connectivity index (χ3n) is 4.12. The second-order valence-electron chi connectivity index (χ2n) is 5.75. The highest BCUT2D eigenvalue weighted by Crippen LogP contribution is 2.39. The molecule has 1 aliphatic carbocycles. The van der Waals surface area contributed by atoms with Crippen molar-refractivity contribution in [1.29, 1.82) is 0 Å². The molecular weight excluding hydrogens is 296 g/mol. The van der Waals surface area contributed by atoms with Gasteiger partial charge in [-0.1, -0.05) is 0 Å². The summed E-state index contributed by atoms with van der Waals surface area (Å²) in [6.45, 7) is 4.01. The molecule has 2 N–H and O–H groups in total. The Bertz CT molecular complexity index is 807. The zero-order valence-corrected chi connectivity index (χ0v) is 13.5. The third kappa shape index (κ3) is 2.25. The van der Waals surface area contributed by atoms with E-state index in [1.165, 1.54) is 41.4 Å². The van der Waals surface area contributed by atoms with Crippen LogP contribution in [0.25, 0.3) is 10.2 Å². The number of hydrogen-bond acceptors (Lipinski definition) is 6. The fourth-order valence-electron chi connectivity index (χ4n) is 3.07. The summed E-state index contributed by atoms with van der Waals surface area (Å²) in [6.07, 6.45) is 6.37. The first-order chi connectivity index (χ1) is 10.7. The van der Waals surface area contributed by atoms with Crippen LogP contribution in [0.2, 0.25) is 0 Å². The van der Waals surface area contributed by atoms with E-state index in [0.717, 1.165) is 28.7 Å². The molecule has 3 aromatic heterocycles. The molecule has 6 nitrogen and oxygen atoms in total. The molecule has 1 atom stereocenters. The molecule has 0 aliphatic heterocycles. The first-order valence-corrected chi connectivity index (χ1v) is 8.44. The number of H-pyrrole nitrogens is 1. The van der Waals surface area contributed by atoms with Gasteiger partial charge < -0.3 is 5.32 Å². The van der Waals surface area contributed by atoms with Gasteiger partial charge in [0.2, 0.25) is 0 Å². The Morgan fingerprint density at radius 2 is 2.14 bits per heavy atom. The summed E-state index contributed by atoms with van der Waals surface area (Å²) in [7, 11) is 0. The van der Waals surface area contributed by atoms with Crippen molar-refractivity contribution >= 4 is 27.4 Å². The summed E-state index contributed by atoms with van der Waals surface area (Å²) in [4.78, 5) is 16.1. The van der Waals surface area contributed by atoms with Crippen molar-refractivity contribution < 1.29 is 0 Å². The van der Waals surface area contributed by atoms with E-state index in [2.05, 4.69) is 37.4 Å². The van der Waals surface area contributed by atoms with Gasteiger partial charge >= 0.3 is 0 Å². The van der Waals surface area contributed by atoms with Gasteiger partial charge in [0, 0.05) is 4.88 Å². The minimum atomic E-state index is 0.0270. The lowest BCUT2D eigenvalue weighted by atomic mass is 9.97. The predicted molar refractivity (Wildman–Crippen MR) is 87.2 cm³/mol. The summed E-state index contributed by atoms with van der Waals surface area (Å²) < 4.78 is 0. The van der Waals surface area contributed by atoms with Crippen LogP contribution in [0.15, 0.2) is 6.33 Å². The molecular formula is C15H18N6S. The van der Waals surface area contributed by atoms with Crippen molar-refractivity contribution in [1.82, 2.24) is 25.1 Å². The van der Waals surface area contributed by atoms with Gasteiger partial charge in [0.25, 0.3) is 0 Å². The molecule has 114 valence electrons. The molecule has 3 heterocycles. The van der Waals surface area contributed by atoms with E-state index in [-0.39, 0.29) is 6.04 Å². The van der Waals surface area contributed by atoms with Gasteiger partial charge in [0.05, 0.1) is 11.4 Å². The van der Waals surface area contributed by atoms with E-state index in [1.807, 2.05) is 18.3 Å². The Balaban J connectivity index is 1.80. The summed E-state index contributed by atoms with van der Waals surface area (Å²) >= 11 is 1.83. The van der Waals surface area contributed by atoms with Gasteiger partial charge in [0.1, 0.15) is 28.6 Å². The number of nitrogens with zero attached hydrogens (tertiary/aromatic N) is 4. The zero-order chi connectivity index (χ0) is 15.1. The highest BCUT2D eigenvalue weighted by atomic mass is 32.1. The molecule has 1 unspecified atom stereocenters. The summed E-state index contributed by atoms with van der Waals surface area (Å²) in [6, 6.07) is 0.0270. The first kappa shape index (κ1) is 13.6. The lowest BCUT2D eigenvalue weighted by Crippen LogP contribution is -2.11. The van der Waals surface area contributed by atoms with Crippen LogP contribution in [0, 0.1) is 6.92 Å². The van der Waals surface area contributed by atoms with Crippen molar-refractivity contribution in [2.75, 3.05) is 5.32 Å². The normalized spacial score (nSPS) is 15.7. The molecule has 1 aliphatic rings. The number of fused-ring (bicyclic) bond motifs is 3. The van der Waals surface area contributed by atoms with Gasteiger partial charge in [-0.3, -0.25) is 5.10 Å². The quantitative estimate of drug-likeness (QED) is 0.776. The number of nitrogens with one attached hydrogen (secondary N) is 2. The smallest absolute Gasteiger partial charge is 0.146 e. The van der Waals surface area contributed by atoms with Gasteiger partial charge in [-0.05, 0) is 45.1 Å². The van der Waals surface area contributed by atoms with Crippen LogP contribution in [-0.4, -0.2) is 25.1 Å². The number of aryl methyl sites for hydroxylation is 3. The van der Waals surface area contributed by atoms with Crippen LogP contribution < -0.4 is 5.32 Å². The van der Waals surface area contributed by atoms with Gasteiger partial charge in [-0.25, -0.2) is 15.0 Å². The summed E-state index contributed by atoms with van der Waals surface area (Å²) in [5, 5.41) is 11.5. The maximum Gasteiger partial charge on any atom is 0.146 e. The largest absolute Gasteiger partial charge is 0.360 e. The minimum absolute atomic E-state index is 0.0270. The van der Waals surface area contributed by atoms with Crippen LogP contribution in [-0.2, 0) is 12.8 Å². The van der Waals surface area contributed by atoms with Gasteiger partial charge in [-0.2, -0.15) is 5.10 Å². The standard InChI is InChI=1S/C15H18N6S/c1-8(13-16-7-17-21-13)18-14-12-10-5-3-4-6-11(10)22-15(12)20-9(2)19-14/h7-8H,3-6H2,1-2H3,(H,16,17,21)(H,18,19,20). The summed E-state index contributed by atoms with van der Waals surface area (Å²) in [5.41, 5.74) is 1.44. The first-order valence-electron chi connectivity index (χ1n) is 7.63. The minimum Gasteiger partial charge on any atom is -0.360 e.